The summed E-state index contributed by atoms with van der Waals surface area (Å²) in [6, 6.07) is 13.0. The second kappa shape index (κ2) is 11.4. The number of hydrogen-bond acceptors (Lipinski definition) is 8. The van der Waals surface area contributed by atoms with E-state index in [2.05, 4.69) is 37.4 Å². The molecule has 0 unspecified atom stereocenters. The van der Waals surface area contributed by atoms with Crippen LogP contribution in [0.1, 0.15) is 35.2 Å². The van der Waals surface area contributed by atoms with Crippen molar-refractivity contribution in [3.63, 3.8) is 0 Å². The first-order valence-electron chi connectivity index (χ1n) is 12.4. The maximum atomic E-state index is 13.4. The summed E-state index contributed by atoms with van der Waals surface area (Å²) >= 11 is 0. The smallest absolute Gasteiger partial charge is 0.253 e. The molecule has 1 aliphatic rings. The molecule has 11 heteroatoms. The van der Waals surface area contributed by atoms with Gasteiger partial charge in [0.15, 0.2) is 5.65 Å². The summed E-state index contributed by atoms with van der Waals surface area (Å²) in [6.45, 7) is 0.228. The van der Waals surface area contributed by atoms with Crippen molar-refractivity contribution in [3.8, 4) is 5.75 Å². The highest BCUT2D eigenvalue weighted by molar-refractivity contribution is 7.91. The first-order chi connectivity index (χ1) is 18.9. The third-order valence-electron chi connectivity index (χ3n) is 6.31. The number of nitrogens with one attached hydrogen (secondary N) is 4. The quantitative estimate of drug-likeness (QED) is 0.229. The zero-order valence-corrected chi connectivity index (χ0v) is 22.1. The fraction of sp³-hybridized carbons (Fsp3) is 0.179. The molecule has 0 aliphatic heterocycles. The second-order valence-corrected chi connectivity index (χ2v) is 10.9. The lowest BCUT2D eigenvalue weighted by molar-refractivity contribution is 0.0950. The minimum Gasteiger partial charge on any atom is -0.495 e. The van der Waals surface area contributed by atoms with Gasteiger partial charge < -0.3 is 20.9 Å². The number of aromatic nitrogens is 3. The Hall–Kier alpha value is -4.64. The highest BCUT2D eigenvalue weighted by atomic mass is 32.2. The number of methoxy groups -OCH3 is 1. The second-order valence-electron chi connectivity index (χ2n) is 8.99. The number of sulfone groups is 1. The molecule has 1 amide bonds. The first-order valence-corrected chi connectivity index (χ1v) is 13.9. The standard InChI is InChI=1S/C28H28N6O4S/c1-38-25-15-23(33-32-22-6-4-2-3-5-7-22)10-13-26(25)39(36,37)24-11-8-19(9-12-24)16-30-28(35)21-14-20-18-31-34-27(20)29-17-21/h2,4,6,8-15,17-18,32-33H,3,5,7,16H2,1H3,(H,30,35)(H,29,31,34). The minimum absolute atomic E-state index is 0.0651. The molecule has 10 nitrogen and oxygen atoms in total. The lowest BCUT2D eigenvalue weighted by Gasteiger charge is -2.15. The molecule has 200 valence electrons. The molecule has 39 heavy (non-hydrogen) atoms. The fourth-order valence-electron chi connectivity index (χ4n) is 4.16. The lowest BCUT2D eigenvalue weighted by atomic mass is 10.2. The Balaban J connectivity index is 1.25. The number of fused-ring (bicyclic) bond motifs is 1. The molecule has 2 aromatic heterocycles. The summed E-state index contributed by atoms with van der Waals surface area (Å²) < 4.78 is 32.2. The number of carbonyl (C=O) groups excluding carboxylic acids is 1. The van der Waals surface area contributed by atoms with Gasteiger partial charge in [-0.05, 0) is 61.2 Å². The number of nitrogens with zero attached hydrogens (tertiary/aromatic N) is 2. The maximum absolute atomic E-state index is 13.4. The fourth-order valence-corrected chi connectivity index (χ4v) is 5.56. The number of anilines is 1. The van der Waals surface area contributed by atoms with Crippen molar-refractivity contribution >= 4 is 32.5 Å². The molecule has 2 aromatic carbocycles. The number of amides is 1. The van der Waals surface area contributed by atoms with E-state index in [1.165, 1.54) is 31.5 Å². The highest BCUT2D eigenvalue weighted by Gasteiger charge is 2.22. The number of aromatic amines is 1. The number of benzene rings is 2. The van der Waals surface area contributed by atoms with Crippen molar-refractivity contribution in [2.45, 2.75) is 35.6 Å². The van der Waals surface area contributed by atoms with E-state index in [0.29, 0.717) is 16.9 Å². The Labute approximate surface area is 226 Å². The zero-order chi connectivity index (χ0) is 27.2. The molecule has 0 fully saturated rings. The molecule has 0 atom stereocenters. The van der Waals surface area contributed by atoms with Crippen molar-refractivity contribution in [2.24, 2.45) is 0 Å². The summed E-state index contributed by atoms with van der Waals surface area (Å²) in [7, 11) is -2.40. The summed E-state index contributed by atoms with van der Waals surface area (Å²) in [6.07, 6.45) is 12.3. The van der Waals surface area contributed by atoms with Gasteiger partial charge in [-0.3, -0.25) is 9.89 Å². The van der Waals surface area contributed by atoms with Crippen molar-refractivity contribution in [2.75, 3.05) is 12.5 Å². The van der Waals surface area contributed by atoms with Crippen LogP contribution in [0.4, 0.5) is 5.69 Å². The number of hydrazine groups is 1. The van der Waals surface area contributed by atoms with Gasteiger partial charge in [-0.2, -0.15) is 5.10 Å². The van der Waals surface area contributed by atoms with E-state index >= 15 is 0 Å². The molecule has 4 aromatic rings. The Bertz CT molecular complexity index is 1660. The van der Waals surface area contributed by atoms with Gasteiger partial charge >= 0.3 is 0 Å². The summed E-state index contributed by atoms with van der Waals surface area (Å²) in [5, 5.41) is 10.2. The monoisotopic (exact) mass is 544 g/mol. The number of ether oxygens (including phenoxy) is 1. The molecule has 1 aliphatic carbocycles. The van der Waals surface area contributed by atoms with Gasteiger partial charge in [0, 0.05) is 29.9 Å². The topological polar surface area (TPSA) is 138 Å². The molecular formula is C28H28N6O4S. The summed E-state index contributed by atoms with van der Waals surface area (Å²) in [5.41, 5.74) is 9.78. The van der Waals surface area contributed by atoms with Gasteiger partial charge in [0.1, 0.15) is 10.6 Å². The predicted molar refractivity (Wildman–Crippen MR) is 148 cm³/mol. The summed E-state index contributed by atoms with van der Waals surface area (Å²) in [4.78, 5) is 16.9. The van der Waals surface area contributed by atoms with Crippen molar-refractivity contribution < 1.29 is 17.9 Å². The first kappa shape index (κ1) is 26.0. The normalized spacial score (nSPS) is 13.4. The zero-order valence-electron chi connectivity index (χ0n) is 21.3. The maximum Gasteiger partial charge on any atom is 0.253 e. The number of hydrogen-bond donors (Lipinski definition) is 4. The third-order valence-corrected chi connectivity index (χ3v) is 8.12. The van der Waals surface area contributed by atoms with E-state index in [1.54, 1.807) is 36.5 Å². The number of allylic oxidation sites excluding steroid dienone is 4. The van der Waals surface area contributed by atoms with E-state index < -0.39 is 9.84 Å². The van der Waals surface area contributed by atoms with Crippen molar-refractivity contribution in [1.29, 1.82) is 0 Å². The SMILES string of the molecule is COc1cc(NNC2=CC=CCCC2)ccc1S(=O)(=O)c1ccc(CNC(=O)c2cnc3[nH]ncc3c2)cc1. The van der Waals surface area contributed by atoms with Crippen LogP contribution in [0.3, 0.4) is 0 Å². The van der Waals surface area contributed by atoms with E-state index in [4.69, 9.17) is 4.74 Å². The molecule has 2 heterocycles. The summed E-state index contributed by atoms with van der Waals surface area (Å²) in [5.74, 6) is -0.0573. The van der Waals surface area contributed by atoms with Gasteiger partial charge in [-0.15, -0.1) is 0 Å². The molecule has 0 saturated carbocycles. The molecule has 0 bridgehead atoms. The van der Waals surface area contributed by atoms with Gasteiger partial charge in [0.2, 0.25) is 9.84 Å². The van der Waals surface area contributed by atoms with E-state index in [1.807, 2.05) is 12.2 Å². The average Bonchev–Trinajstić information content (AvgIpc) is 3.28. The molecule has 5 rings (SSSR count). The van der Waals surface area contributed by atoms with Crippen LogP contribution in [0, 0.1) is 0 Å². The van der Waals surface area contributed by atoms with Gasteiger partial charge in [0.05, 0.1) is 29.5 Å². The third kappa shape index (κ3) is 5.93. The van der Waals surface area contributed by atoms with Crippen LogP contribution in [0.2, 0.25) is 0 Å². The highest BCUT2D eigenvalue weighted by Crippen LogP contribution is 2.32. The Morgan fingerprint density at radius 1 is 1.08 bits per heavy atom. The van der Waals surface area contributed by atoms with E-state index in [0.717, 1.165) is 35.9 Å². The van der Waals surface area contributed by atoms with Crippen LogP contribution < -0.4 is 20.9 Å². The largest absolute Gasteiger partial charge is 0.495 e. The Morgan fingerprint density at radius 2 is 1.92 bits per heavy atom. The minimum atomic E-state index is -3.84. The van der Waals surface area contributed by atoms with Crippen LogP contribution in [0.25, 0.3) is 11.0 Å². The predicted octanol–water partition coefficient (Wildman–Crippen LogP) is 4.27. The van der Waals surface area contributed by atoms with E-state index in [9.17, 15) is 13.2 Å². The molecule has 0 radical (unpaired) electrons. The lowest BCUT2D eigenvalue weighted by Crippen LogP contribution is -2.22. The van der Waals surface area contributed by atoms with Crippen molar-refractivity contribution in [3.05, 3.63) is 96.0 Å². The van der Waals surface area contributed by atoms with Gasteiger partial charge in [0.25, 0.3) is 5.91 Å². The van der Waals surface area contributed by atoms with Crippen LogP contribution in [-0.4, -0.2) is 36.6 Å². The van der Waals surface area contributed by atoms with Crippen LogP contribution in [-0.2, 0) is 16.4 Å². The number of carbonyl (C=O) groups is 1. The van der Waals surface area contributed by atoms with Gasteiger partial charge in [-0.25, -0.2) is 13.4 Å². The molecular weight excluding hydrogens is 516 g/mol. The number of H-pyrrole nitrogens is 1. The average molecular weight is 545 g/mol. The number of pyridine rings is 1. The Kier molecular flexibility index (Phi) is 7.60. The van der Waals surface area contributed by atoms with E-state index in [-0.39, 0.29) is 28.0 Å². The van der Waals surface area contributed by atoms with Gasteiger partial charge in [-0.1, -0.05) is 24.3 Å². The molecule has 4 N–H and O–H groups in total. The molecule has 0 spiro atoms. The Morgan fingerprint density at radius 3 is 2.74 bits per heavy atom. The van der Waals surface area contributed by atoms with Crippen LogP contribution in [0.5, 0.6) is 5.75 Å². The number of rotatable bonds is 9. The van der Waals surface area contributed by atoms with Crippen molar-refractivity contribution in [1.82, 2.24) is 25.9 Å². The molecule has 0 saturated heterocycles. The van der Waals surface area contributed by atoms with Crippen LogP contribution in [0.15, 0.2) is 94.6 Å². The van der Waals surface area contributed by atoms with Crippen LogP contribution >= 0.6 is 0 Å².